The molecule has 0 aliphatic heterocycles. The molecule has 1 unspecified atom stereocenters. The Morgan fingerprint density at radius 1 is 1.38 bits per heavy atom. The molecule has 0 bridgehead atoms. The Morgan fingerprint density at radius 3 is 2.67 bits per heavy atom. The van der Waals surface area contributed by atoms with E-state index in [9.17, 15) is 14.7 Å². The summed E-state index contributed by atoms with van der Waals surface area (Å²) in [7, 11) is 0. The number of hydrogen-bond acceptors (Lipinski definition) is 4. The second kappa shape index (κ2) is 7.19. The van der Waals surface area contributed by atoms with Crippen LogP contribution >= 0.6 is 11.3 Å². The number of carbonyl (C=O) groups is 1. The SMILES string of the molecule is Cc1csc(=O)n1CCC(=O)NC(CO)c1ccccc1. The fourth-order valence-electron chi connectivity index (χ4n) is 2.07. The van der Waals surface area contributed by atoms with Gasteiger partial charge in [0.2, 0.25) is 5.91 Å². The van der Waals surface area contributed by atoms with Crippen molar-refractivity contribution in [2.75, 3.05) is 6.61 Å². The van der Waals surface area contributed by atoms with E-state index in [-0.39, 0.29) is 23.8 Å². The molecular weight excluding hydrogens is 288 g/mol. The van der Waals surface area contributed by atoms with E-state index in [0.717, 1.165) is 22.6 Å². The third-order valence-corrected chi connectivity index (χ3v) is 4.14. The second-order valence-electron chi connectivity index (χ2n) is 4.76. The molecule has 0 radical (unpaired) electrons. The zero-order valence-electron chi connectivity index (χ0n) is 11.8. The van der Waals surface area contributed by atoms with Crippen LogP contribution < -0.4 is 10.2 Å². The van der Waals surface area contributed by atoms with Gasteiger partial charge in [-0.15, -0.1) is 0 Å². The van der Waals surface area contributed by atoms with Crippen molar-refractivity contribution in [3.05, 3.63) is 56.6 Å². The first-order valence-corrected chi connectivity index (χ1v) is 7.60. The normalized spacial score (nSPS) is 12.1. The van der Waals surface area contributed by atoms with Gasteiger partial charge in [-0.1, -0.05) is 41.7 Å². The van der Waals surface area contributed by atoms with Crippen molar-refractivity contribution in [2.45, 2.75) is 25.9 Å². The number of aromatic nitrogens is 1. The average Bonchev–Trinajstić information content (AvgIpc) is 2.82. The van der Waals surface area contributed by atoms with Crippen LogP contribution in [0.1, 0.15) is 23.7 Å². The summed E-state index contributed by atoms with van der Waals surface area (Å²) in [6.07, 6.45) is 0.209. The molecule has 1 aromatic heterocycles. The maximum atomic E-state index is 12.0. The van der Waals surface area contributed by atoms with Crippen molar-refractivity contribution < 1.29 is 9.90 Å². The highest BCUT2D eigenvalue weighted by Crippen LogP contribution is 2.11. The molecule has 1 heterocycles. The summed E-state index contributed by atoms with van der Waals surface area (Å²) < 4.78 is 1.58. The lowest BCUT2D eigenvalue weighted by Gasteiger charge is -2.16. The molecule has 0 fully saturated rings. The number of nitrogens with one attached hydrogen (secondary N) is 1. The van der Waals surface area contributed by atoms with Gasteiger partial charge in [-0.05, 0) is 12.5 Å². The maximum Gasteiger partial charge on any atom is 0.307 e. The minimum atomic E-state index is -0.418. The Balaban J connectivity index is 1.93. The van der Waals surface area contributed by atoms with Gasteiger partial charge in [0.05, 0.1) is 12.6 Å². The number of hydrogen-bond donors (Lipinski definition) is 2. The lowest BCUT2D eigenvalue weighted by Crippen LogP contribution is -2.32. The fourth-order valence-corrected chi connectivity index (χ4v) is 2.84. The third kappa shape index (κ3) is 4.03. The zero-order chi connectivity index (χ0) is 15.2. The van der Waals surface area contributed by atoms with Gasteiger partial charge in [-0.25, -0.2) is 0 Å². The highest BCUT2D eigenvalue weighted by molar-refractivity contribution is 7.07. The van der Waals surface area contributed by atoms with Crippen molar-refractivity contribution in [1.29, 1.82) is 0 Å². The topological polar surface area (TPSA) is 71.3 Å². The number of nitrogens with zero attached hydrogens (tertiary/aromatic N) is 1. The van der Waals surface area contributed by atoms with Gasteiger partial charge < -0.3 is 15.0 Å². The lowest BCUT2D eigenvalue weighted by atomic mass is 10.1. The van der Waals surface area contributed by atoms with Gasteiger partial charge in [0.15, 0.2) is 0 Å². The summed E-state index contributed by atoms with van der Waals surface area (Å²) in [6, 6.07) is 8.89. The van der Waals surface area contributed by atoms with Crippen LogP contribution in [-0.4, -0.2) is 22.2 Å². The predicted octanol–water partition coefficient (Wildman–Crippen LogP) is 1.46. The molecule has 112 valence electrons. The monoisotopic (exact) mass is 306 g/mol. The number of aliphatic hydroxyl groups is 1. The molecule has 1 aromatic carbocycles. The zero-order valence-corrected chi connectivity index (χ0v) is 12.6. The van der Waals surface area contributed by atoms with E-state index >= 15 is 0 Å². The standard InChI is InChI=1S/C15H18N2O3S/c1-11-10-21-15(20)17(11)8-7-14(19)16-13(9-18)12-5-3-2-4-6-12/h2-6,10,13,18H,7-9H2,1H3,(H,16,19). The van der Waals surface area contributed by atoms with Crippen LogP contribution in [0.4, 0.5) is 0 Å². The van der Waals surface area contributed by atoms with Crippen LogP contribution in [0.2, 0.25) is 0 Å². The molecule has 21 heavy (non-hydrogen) atoms. The number of benzene rings is 1. The summed E-state index contributed by atoms with van der Waals surface area (Å²) in [6.45, 7) is 2.04. The first kappa shape index (κ1) is 15.5. The van der Waals surface area contributed by atoms with Crippen molar-refractivity contribution in [2.24, 2.45) is 0 Å². The lowest BCUT2D eigenvalue weighted by molar-refractivity contribution is -0.122. The summed E-state index contributed by atoms with van der Waals surface area (Å²) in [5.41, 5.74) is 1.72. The van der Waals surface area contributed by atoms with E-state index < -0.39 is 6.04 Å². The summed E-state index contributed by atoms with van der Waals surface area (Å²) in [5.74, 6) is -0.185. The molecule has 2 N–H and O–H groups in total. The van der Waals surface area contributed by atoms with Crippen molar-refractivity contribution in [1.82, 2.24) is 9.88 Å². The molecule has 2 aromatic rings. The number of thiazole rings is 1. The number of aliphatic hydroxyl groups excluding tert-OH is 1. The van der Waals surface area contributed by atoms with Gasteiger partial charge in [0, 0.05) is 24.0 Å². The molecule has 0 saturated carbocycles. The Bertz CT molecular complexity index is 648. The van der Waals surface area contributed by atoms with Crippen LogP contribution in [0, 0.1) is 6.92 Å². The smallest absolute Gasteiger partial charge is 0.307 e. The van der Waals surface area contributed by atoms with E-state index in [1.165, 1.54) is 0 Å². The van der Waals surface area contributed by atoms with E-state index in [0.29, 0.717) is 6.54 Å². The summed E-state index contributed by atoms with van der Waals surface area (Å²) >= 11 is 1.13. The minimum Gasteiger partial charge on any atom is -0.394 e. The van der Waals surface area contributed by atoms with Crippen LogP contribution in [0.3, 0.4) is 0 Å². The molecular formula is C15H18N2O3S. The van der Waals surface area contributed by atoms with Crippen molar-refractivity contribution in [3.63, 3.8) is 0 Å². The quantitative estimate of drug-likeness (QED) is 0.849. The van der Waals surface area contributed by atoms with Gasteiger partial charge in [-0.3, -0.25) is 9.59 Å². The molecule has 6 heteroatoms. The first-order chi connectivity index (χ1) is 10.1. The van der Waals surface area contributed by atoms with Gasteiger partial charge in [0.25, 0.3) is 0 Å². The van der Waals surface area contributed by atoms with Gasteiger partial charge >= 0.3 is 4.87 Å². The minimum absolute atomic E-state index is 0.0536. The number of amides is 1. The van der Waals surface area contributed by atoms with E-state index in [1.807, 2.05) is 37.3 Å². The number of carbonyl (C=O) groups excluding carboxylic acids is 1. The molecule has 2 rings (SSSR count). The van der Waals surface area contributed by atoms with Crippen LogP contribution in [0.5, 0.6) is 0 Å². The molecule has 0 spiro atoms. The molecule has 0 aliphatic carbocycles. The Hall–Kier alpha value is -1.92. The second-order valence-corrected chi connectivity index (χ2v) is 5.58. The Labute approximate surface area is 126 Å². The molecule has 1 amide bonds. The maximum absolute atomic E-state index is 12.0. The van der Waals surface area contributed by atoms with Crippen molar-refractivity contribution in [3.8, 4) is 0 Å². The van der Waals surface area contributed by atoms with Crippen molar-refractivity contribution >= 4 is 17.2 Å². The molecule has 0 saturated heterocycles. The van der Waals surface area contributed by atoms with Gasteiger partial charge in [-0.2, -0.15) is 0 Å². The molecule has 0 aliphatic rings. The largest absolute Gasteiger partial charge is 0.394 e. The first-order valence-electron chi connectivity index (χ1n) is 6.72. The third-order valence-electron chi connectivity index (χ3n) is 3.26. The van der Waals surface area contributed by atoms with Crippen LogP contribution in [0.25, 0.3) is 0 Å². The fraction of sp³-hybridized carbons (Fsp3) is 0.333. The van der Waals surface area contributed by atoms with Crippen LogP contribution in [-0.2, 0) is 11.3 Å². The van der Waals surface area contributed by atoms with Crippen LogP contribution in [0.15, 0.2) is 40.5 Å². The predicted molar refractivity (Wildman–Crippen MR) is 82.3 cm³/mol. The number of rotatable bonds is 6. The van der Waals surface area contributed by atoms with E-state index in [2.05, 4.69) is 5.32 Å². The summed E-state index contributed by atoms with van der Waals surface area (Å²) in [4.78, 5) is 23.5. The summed E-state index contributed by atoms with van der Waals surface area (Å²) in [5, 5.41) is 14.0. The highest BCUT2D eigenvalue weighted by atomic mass is 32.1. The Morgan fingerprint density at radius 2 is 2.10 bits per heavy atom. The molecule has 1 atom stereocenters. The Kier molecular flexibility index (Phi) is 5.30. The van der Waals surface area contributed by atoms with Gasteiger partial charge in [0.1, 0.15) is 0 Å². The van der Waals surface area contributed by atoms with E-state index in [4.69, 9.17) is 0 Å². The number of aryl methyl sites for hydroxylation is 1. The van der Waals surface area contributed by atoms with E-state index in [1.54, 1.807) is 9.95 Å². The highest BCUT2D eigenvalue weighted by Gasteiger charge is 2.13. The average molecular weight is 306 g/mol. The molecule has 5 nitrogen and oxygen atoms in total.